The van der Waals surface area contributed by atoms with E-state index in [0.717, 1.165) is 0 Å². The third-order valence-corrected chi connectivity index (χ3v) is 5.69. The second-order valence-corrected chi connectivity index (χ2v) is 7.42. The van der Waals surface area contributed by atoms with Crippen molar-refractivity contribution in [2.24, 2.45) is 5.73 Å². The lowest BCUT2D eigenvalue weighted by Crippen LogP contribution is -2.39. The van der Waals surface area contributed by atoms with Crippen LogP contribution in [-0.2, 0) is 14.8 Å². The zero-order chi connectivity index (χ0) is 16.2. The summed E-state index contributed by atoms with van der Waals surface area (Å²) in [4.78, 5) is 0.121. The molecule has 0 heterocycles. The van der Waals surface area contributed by atoms with Gasteiger partial charge in [0.25, 0.3) is 0 Å². The Hall–Kier alpha value is -0.730. The number of nitrogens with two attached hydrogens (primary N) is 1. The van der Waals surface area contributed by atoms with Crippen molar-refractivity contribution in [1.82, 2.24) is 4.31 Å². The van der Waals surface area contributed by atoms with Gasteiger partial charge in [-0.25, -0.2) is 8.42 Å². The van der Waals surface area contributed by atoms with Crippen LogP contribution in [0.15, 0.2) is 23.1 Å². The number of halogens is 1. The lowest BCUT2D eigenvalue weighted by molar-refractivity contribution is 0.171. The number of thiocarbonyl (C=S) groups is 1. The summed E-state index contributed by atoms with van der Waals surface area (Å²) >= 11 is 10.9. The zero-order valence-corrected chi connectivity index (χ0v) is 14.6. The van der Waals surface area contributed by atoms with E-state index in [4.69, 9.17) is 34.3 Å². The number of hydrogen-bond donors (Lipinski definition) is 1. The van der Waals surface area contributed by atoms with E-state index in [9.17, 15) is 8.42 Å². The third-order valence-electron chi connectivity index (χ3n) is 2.89. The minimum absolute atomic E-state index is 0.000676. The summed E-state index contributed by atoms with van der Waals surface area (Å²) in [5.74, 6) is 0. The van der Waals surface area contributed by atoms with Gasteiger partial charge in [-0.15, -0.1) is 0 Å². The van der Waals surface area contributed by atoms with Crippen LogP contribution in [0.4, 0.5) is 0 Å². The van der Waals surface area contributed by atoms with E-state index < -0.39 is 10.0 Å². The van der Waals surface area contributed by atoms with Gasteiger partial charge < -0.3 is 10.5 Å². The fraction of sp³-hybridized carbons (Fsp3) is 0.462. The molecule has 0 spiro atoms. The Bertz CT molecular complexity index is 618. The van der Waals surface area contributed by atoms with Crippen LogP contribution in [0.5, 0.6) is 0 Å². The first-order chi connectivity index (χ1) is 9.71. The highest BCUT2D eigenvalue weighted by Crippen LogP contribution is 2.27. The first kappa shape index (κ1) is 18.3. The molecule has 0 aliphatic heterocycles. The standard InChI is InChI=1S/C13H19ClN2O3S2/c1-9(2)16(6-7-19-3)21(17,18)12-8-10(13(15)20)4-5-11(12)14/h4-5,8-9H,6-7H2,1-3H3,(H2,15,20). The topological polar surface area (TPSA) is 72.6 Å². The second kappa shape index (κ2) is 7.51. The minimum Gasteiger partial charge on any atom is -0.389 e. The Morgan fingerprint density at radius 3 is 2.57 bits per heavy atom. The molecule has 21 heavy (non-hydrogen) atoms. The second-order valence-electron chi connectivity index (χ2n) is 4.71. The lowest BCUT2D eigenvalue weighted by atomic mass is 10.2. The molecule has 5 nitrogen and oxygen atoms in total. The number of rotatable bonds is 7. The van der Waals surface area contributed by atoms with Gasteiger partial charge in [0.15, 0.2) is 0 Å². The van der Waals surface area contributed by atoms with Gasteiger partial charge in [-0.05, 0) is 26.0 Å². The van der Waals surface area contributed by atoms with Gasteiger partial charge >= 0.3 is 0 Å². The van der Waals surface area contributed by atoms with Crippen molar-refractivity contribution in [3.05, 3.63) is 28.8 Å². The molecule has 0 unspecified atom stereocenters. The van der Waals surface area contributed by atoms with E-state index in [1.165, 1.54) is 23.5 Å². The first-order valence-corrected chi connectivity index (χ1v) is 8.54. The molecule has 0 aromatic heterocycles. The Balaban J connectivity index is 3.33. The Morgan fingerprint density at radius 1 is 1.48 bits per heavy atom. The van der Waals surface area contributed by atoms with Crippen LogP contribution < -0.4 is 5.73 Å². The van der Waals surface area contributed by atoms with Crippen molar-refractivity contribution in [3.8, 4) is 0 Å². The minimum atomic E-state index is -3.75. The highest BCUT2D eigenvalue weighted by Gasteiger charge is 2.29. The number of benzene rings is 1. The summed E-state index contributed by atoms with van der Waals surface area (Å²) in [5.41, 5.74) is 6.01. The van der Waals surface area contributed by atoms with Crippen molar-refractivity contribution in [2.45, 2.75) is 24.8 Å². The molecule has 0 aliphatic carbocycles. The molecule has 1 rings (SSSR count). The summed E-state index contributed by atoms with van der Waals surface area (Å²) in [5, 5.41) is 0.137. The van der Waals surface area contributed by atoms with Gasteiger partial charge in [-0.2, -0.15) is 4.31 Å². The molecule has 0 bridgehead atoms. The number of ether oxygens (including phenoxy) is 1. The summed E-state index contributed by atoms with van der Waals surface area (Å²) in [6.45, 7) is 4.12. The van der Waals surface area contributed by atoms with Crippen LogP contribution >= 0.6 is 23.8 Å². The fourth-order valence-corrected chi connectivity index (χ4v) is 4.07. The zero-order valence-electron chi connectivity index (χ0n) is 12.2. The fourth-order valence-electron chi connectivity index (χ4n) is 1.82. The van der Waals surface area contributed by atoms with Crippen LogP contribution in [0, 0.1) is 0 Å². The SMILES string of the molecule is COCCN(C(C)C)S(=O)(=O)c1cc(C(N)=S)ccc1Cl. The Labute approximate surface area is 136 Å². The summed E-state index contributed by atoms with van der Waals surface area (Å²) in [6.07, 6.45) is 0. The Morgan fingerprint density at radius 2 is 2.10 bits per heavy atom. The maximum atomic E-state index is 12.8. The largest absolute Gasteiger partial charge is 0.389 e. The van der Waals surface area contributed by atoms with Crippen molar-refractivity contribution in [1.29, 1.82) is 0 Å². The molecule has 8 heteroatoms. The smallest absolute Gasteiger partial charge is 0.244 e. The molecule has 0 saturated heterocycles. The van der Waals surface area contributed by atoms with Gasteiger partial charge in [0.2, 0.25) is 10.0 Å². The van der Waals surface area contributed by atoms with Gasteiger partial charge in [0, 0.05) is 25.3 Å². The van der Waals surface area contributed by atoms with E-state index in [1.807, 2.05) is 0 Å². The predicted molar refractivity (Wildman–Crippen MR) is 88.2 cm³/mol. The molecular formula is C13H19ClN2O3S2. The lowest BCUT2D eigenvalue weighted by Gasteiger charge is -2.26. The van der Waals surface area contributed by atoms with Crippen LogP contribution in [-0.4, -0.2) is 44.0 Å². The van der Waals surface area contributed by atoms with Gasteiger partial charge in [0.1, 0.15) is 9.88 Å². The van der Waals surface area contributed by atoms with E-state index >= 15 is 0 Å². The Kier molecular flexibility index (Phi) is 6.55. The van der Waals surface area contributed by atoms with E-state index in [1.54, 1.807) is 19.9 Å². The maximum Gasteiger partial charge on any atom is 0.244 e. The average molecular weight is 351 g/mol. The highest BCUT2D eigenvalue weighted by atomic mass is 35.5. The van der Waals surface area contributed by atoms with Gasteiger partial charge in [-0.3, -0.25) is 0 Å². The molecule has 0 saturated carbocycles. The highest BCUT2D eigenvalue weighted by molar-refractivity contribution is 7.89. The third kappa shape index (κ3) is 4.37. The van der Waals surface area contributed by atoms with E-state index in [-0.39, 0.29) is 27.5 Å². The number of sulfonamides is 1. The molecule has 0 fully saturated rings. The van der Waals surface area contributed by atoms with Gasteiger partial charge in [0.05, 0.1) is 11.6 Å². The molecule has 118 valence electrons. The molecule has 1 aromatic carbocycles. The van der Waals surface area contributed by atoms with Crippen molar-refractivity contribution in [2.75, 3.05) is 20.3 Å². The van der Waals surface area contributed by atoms with E-state index in [2.05, 4.69) is 0 Å². The summed E-state index contributed by atoms with van der Waals surface area (Å²) < 4.78 is 31.9. The number of methoxy groups -OCH3 is 1. The summed E-state index contributed by atoms with van der Waals surface area (Å²) in [7, 11) is -2.23. The molecule has 0 atom stereocenters. The molecule has 0 aliphatic rings. The first-order valence-electron chi connectivity index (χ1n) is 6.32. The van der Waals surface area contributed by atoms with Crippen LogP contribution in [0.25, 0.3) is 0 Å². The van der Waals surface area contributed by atoms with Crippen LogP contribution in [0.2, 0.25) is 5.02 Å². The quantitative estimate of drug-likeness (QED) is 0.762. The number of hydrogen-bond acceptors (Lipinski definition) is 4. The van der Waals surface area contributed by atoms with Crippen molar-refractivity contribution >= 4 is 38.8 Å². The van der Waals surface area contributed by atoms with Crippen LogP contribution in [0.3, 0.4) is 0 Å². The average Bonchev–Trinajstić information content (AvgIpc) is 2.38. The molecular weight excluding hydrogens is 332 g/mol. The van der Waals surface area contributed by atoms with E-state index in [0.29, 0.717) is 12.2 Å². The molecule has 2 N–H and O–H groups in total. The predicted octanol–water partition coefficient (Wildman–Crippen LogP) is 2.02. The van der Waals surface area contributed by atoms with Crippen molar-refractivity contribution in [3.63, 3.8) is 0 Å². The normalized spacial score (nSPS) is 12.1. The molecule has 1 aromatic rings. The van der Waals surface area contributed by atoms with Crippen molar-refractivity contribution < 1.29 is 13.2 Å². The maximum absolute atomic E-state index is 12.8. The van der Waals surface area contributed by atoms with Crippen LogP contribution in [0.1, 0.15) is 19.4 Å². The molecule has 0 radical (unpaired) electrons. The number of nitrogens with zero attached hydrogens (tertiary/aromatic N) is 1. The van der Waals surface area contributed by atoms with Gasteiger partial charge in [-0.1, -0.05) is 29.9 Å². The molecule has 0 amide bonds. The summed E-state index contributed by atoms with van der Waals surface area (Å²) in [6, 6.07) is 4.26. The monoisotopic (exact) mass is 350 g/mol.